The van der Waals surface area contributed by atoms with E-state index in [-0.39, 0.29) is 5.91 Å². The molecule has 1 amide bonds. The Hall–Kier alpha value is -2.13. The highest BCUT2D eigenvalue weighted by atomic mass is 16.2. The number of aryl methyl sites for hydroxylation is 1. The molecule has 2 aromatic rings. The van der Waals surface area contributed by atoms with Gasteiger partial charge in [0.2, 0.25) is 5.91 Å². The van der Waals surface area contributed by atoms with Crippen LogP contribution in [0, 0.1) is 0 Å². The molecule has 0 unspecified atom stereocenters. The lowest BCUT2D eigenvalue weighted by Crippen LogP contribution is -2.32. The highest BCUT2D eigenvalue weighted by Gasteiger charge is 2.11. The maximum atomic E-state index is 12.3. The number of benzene rings is 2. The van der Waals surface area contributed by atoms with Gasteiger partial charge in [0, 0.05) is 26.1 Å². The Bertz CT molecular complexity index is 583. The molecule has 0 saturated heterocycles. The van der Waals surface area contributed by atoms with E-state index in [1.807, 2.05) is 36.1 Å². The first-order valence-electron chi connectivity index (χ1n) is 8.86. The van der Waals surface area contributed by atoms with Gasteiger partial charge < -0.3 is 10.2 Å². The minimum Gasteiger partial charge on any atom is -0.339 e. The average molecular weight is 324 g/mol. The number of nitrogens with zero attached hydrogens (tertiary/aromatic N) is 1. The molecule has 3 nitrogen and oxygen atoms in total. The molecule has 2 aromatic carbocycles. The van der Waals surface area contributed by atoms with Crippen LogP contribution < -0.4 is 5.32 Å². The highest BCUT2D eigenvalue weighted by Crippen LogP contribution is 2.06. The molecule has 0 fully saturated rings. The number of carbonyl (C=O) groups is 1. The van der Waals surface area contributed by atoms with Crippen molar-refractivity contribution in [3.8, 4) is 0 Å². The number of nitrogens with one attached hydrogen (secondary N) is 1. The van der Waals surface area contributed by atoms with Crippen LogP contribution in [0.2, 0.25) is 0 Å². The molecule has 0 aromatic heterocycles. The summed E-state index contributed by atoms with van der Waals surface area (Å²) in [4.78, 5) is 14.2. The Morgan fingerprint density at radius 2 is 1.54 bits per heavy atom. The summed E-state index contributed by atoms with van der Waals surface area (Å²) in [6, 6.07) is 20.7. The summed E-state index contributed by atoms with van der Waals surface area (Å²) in [6.45, 7) is 5.19. The van der Waals surface area contributed by atoms with Gasteiger partial charge in [-0.25, -0.2) is 0 Å². The zero-order chi connectivity index (χ0) is 17.0. The van der Waals surface area contributed by atoms with Crippen LogP contribution >= 0.6 is 0 Å². The minimum atomic E-state index is 0.219. The maximum absolute atomic E-state index is 12.3. The normalized spacial score (nSPS) is 10.5. The molecule has 0 aliphatic heterocycles. The summed E-state index contributed by atoms with van der Waals surface area (Å²) < 4.78 is 0. The number of hydrogen-bond acceptors (Lipinski definition) is 2. The predicted octanol–water partition coefficient (Wildman–Crippen LogP) is 3.65. The molecule has 1 N–H and O–H groups in total. The summed E-state index contributed by atoms with van der Waals surface area (Å²) in [5.74, 6) is 0.219. The molecule has 0 aliphatic rings. The van der Waals surface area contributed by atoms with E-state index >= 15 is 0 Å². The quantitative estimate of drug-likeness (QED) is 0.677. The lowest BCUT2D eigenvalue weighted by atomic mass is 10.1. The zero-order valence-corrected chi connectivity index (χ0v) is 14.6. The van der Waals surface area contributed by atoms with Gasteiger partial charge in [-0.05, 0) is 37.4 Å². The van der Waals surface area contributed by atoms with Crippen LogP contribution in [0.3, 0.4) is 0 Å². The smallest absolute Gasteiger partial charge is 0.224 e. The van der Waals surface area contributed by atoms with Gasteiger partial charge in [-0.2, -0.15) is 0 Å². The third-order valence-electron chi connectivity index (χ3n) is 4.13. The molecule has 0 radical (unpaired) electrons. The van der Waals surface area contributed by atoms with Gasteiger partial charge in [0.25, 0.3) is 0 Å². The minimum absolute atomic E-state index is 0.219. The topological polar surface area (TPSA) is 32.3 Å². The fourth-order valence-electron chi connectivity index (χ4n) is 2.72. The number of carbonyl (C=O) groups excluding carboxylic acids is 1. The van der Waals surface area contributed by atoms with E-state index in [0.29, 0.717) is 13.0 Å². The first-order valence-corrected chi connectivity index (χ1v) is 8.86. The van der Waals surface area contributed by atoms with Crippen molar-refractivity contribution in [3.05, 3.63) is 71.8 Å². The van der Waals surface area contributed by atoms with Crippen LogP contribution in [-0.4, -0.2) is 30.4 Å². The van der Waals surface area contributed by atoms with Crippen molar-refractivity contribution >= 4 is 5.91 Å². The predicted molar refractivity (Wildman–Crippen MR) is 99.8 cm³/mol. The molecular weight excluding hydrogens is 296 g/mol. The maximum Gasteiger partial charge on any atom is 0.224 e. The molecule has 0 spiro atoms. The Morgan fingerprint density at radius 1 is 0.917 bits per heavy atom. The second-order valence-electron chi connectivity index (χ2n) is 5.98. The molecule has 128 valence electrons. The third kappa shape index (κ3) is 6.55. The molecule has 3 heteroatoms. The Kier molecular flexibility index (Phi) is 8.05. The van der Waals surface area contributed by atoms with E-state index in [4.69, 9.17) is 0 Å². The molecule has 0 saturated carbocycles. The van der Waals surface area contributed by atoms with Gasteiger partial charge in [-0.3, -0.25) is 4.79 Å². The molecular formula is C21H28N2O. The SMILES string of the molecule is CCN(Cc1ccccc1)C(=O)CCNCCCc1ccccc1. The lowest BCUT2D eigenvalue weighted by Gasteiger charge is -2.21. The van der Waals surface area contributed by atoms with Crippen LogP contribution in [0.5, 0.6) is 0 Å². The monoisotopic (exact) mass is 324 g/mol. The summed E-state index contributed by atoms with van der Waals surface area (Å²) in [7, 11) is 0. The molecule has 0 aliphatic carbocycles. The Morgan fingerprint density at radius 3 is 2.17 bits per heavy atom. The second-order valence-corrected chi connectivity index (χ2v) is 5.98. The summed E-state index contributed by atoms with van der Waals surface area (Å²) in [5.41, 5.74) is 2.55. The summed E-state index contributed by atoms with van der Waals surface area (Å²) >= 11 is 0. The van der Waals surface area contributed by atoms with Crippen LogP contribution in [0.25, 0.3) is 0 Å². The van der Waals surface area contributed by atoms with Gasteiger partial charge in [-0.1, -0.05) is 60.7 Å². The van der Waals surface area contributed by atoms with E-state index < -0.39 is 0 Å². The average Bonchev–Trinajstić information content (AvgIpc) is 2.64. The fraction of sp³-hybridized carbons (Fsp3) is 0.381. The Balaban J connectivity index is 1.61. The van der Waals surface area contributed by atoms with Gasteiger partial charge in [0.05, 0.1) is 0 Å². The summed E-state index contributed by atoms with van der Waals surface area (Å²) in [6.07, 6.45) is 2.74. The fourth-order valence-corrected chi connectivity index (χ4v) is 2.72. The van der Waals surface area contributed by atoms with Crippen molar-refractivity contribution in [1.82, 2.24) is 10.2 Å². The molecule has 0 heterocycles. The van der Waals surface area contributed by atoms with Crippen molar-refractivity contribution in [2.45, 2.75) is 32.7 Å². The molecule has 0 atom stereocenters. The molecule has 24 heavy (non-hydrogen) atoms. The van der Waals surface area contributed by atoms with Crippen LogP contribution in [0.4, 0.5) is 0 Å². The van der Waals surface area contributed by atoms with Crippen LogP contribution in [0.15, 0.2) is 60.7 Å². The van der Waals surface area contributed by atoms with Crippen molar-refractivity contribution in [3.63, 3.8) is 0 Å². The van der Waals surface area contributed by atoms with Gasteiger partial charge in [0.1, 0.15) is 0 Å². The van der Waals surface area contributed by atoms with Crippen molar-refractivity contribution in [1.29, 1.82) is 0 Å². The van der Waals surface area contributed by atoms with E-state index in [1.165, 1.54) is 11.1 Å². The van der Waals surface area contributed by atoms with Crippen LogP contribution in [-0.2, 0) is 17.8 Å². The van der Waals surface area contributed by atoms with Crippen molar-refractivity contribution < 1.29 is 4.79 Å². The van der Waals surface area contributed by atoms with Gasteiger partial charge in [-0.15, -0.1) is 0 Å². The molecule has 0 bridgehead atoms. The largest absolute Gasteiger partial charge is 0.339 e. The van der Waals surface area contributed by atoms with Gasteiger partial charge >= 0.3 is 0 Å². The van der Waals surface area contributed by atoms with Crippen molar-refractivity contribution in [2.24, 2.45) is 0 Å². The van der Waals surface area contributed by atoms with E-state index in [9.17, 15) is 4.79 Å². The standard InChI is InChI=1S/C21H28N2O/c1-2-23(18-20-12-7-4-8-13-20)21(24)15-17-22-16-9-14-19-10-5-3-6-11-19/h3-8,10-13,22H,2,9,14-18H2,1H3. The number of hydrogen-bond donors (Lipinski definition) is 1. The van der Waals surface area contributed by atoms with E-state index in [1.54, 1.807) is 0 Å². The van der Waals surface area contributed by atoms with Crippen LogP contribution in [0.1, 0.15) is 30.9 Å². The van der Waals surface area contributed by atoms with E-state index in [2.05, 4.69) is 41.7 Å². The first kappa shape index (κ1) is 18.2. The number of amides is 1. The van der Waals surface area contributed by atoms with Gasteiger partial charge in [0.15, 0.2) is 0 Å². The lowest BCUT2D eigenvalue weighted by molar-refractivity contribution is -0.131. The first-order chi connectivity index (χ1) is 11.8. The molecule has 2 rings (SSSR count). The summed E-state index contributed by atoms with van der Waals surface area (Å²) in [5, 5.41) is 3.38. The van der Waals surface area contributed by atoms with Crippen molar-refractivity contribution in [2.75, 3.05) is 19.6 Å². The third-order valence-corrected chi connectivity index (χ3v) is 4.13. The Labute approximate surface area is 145 Å². The number of rotatable bonds is 10. The second kappa shape index (κ2) is 10.6. The highest BCUT2D eigenvalue weighted by molar-refractivity contribution is 5.76. The zero-order valence-electron chi connectivity index (χ0n) is 14.6. The van der Waals surface area contributed by atoms with E-state index in [0.717, 1.165) is 32.5 Å².